The highest BCUT2D eigenvalue weighted by atomic mass is 16.6. The van der Waals surface area contributed by atoms with Gasteiger partial charge in [0.1, 0.15) is 29.1 Å². The molecular formula is C38H55N11O9. The van der Waals surface area contributed by atoms with Crippen molar-refractivity contribution in [1.82, 2.24) is 35.2 Å². The number of nitrogen functional groups attached to an aromatic ring is 1. The van der Waals surface area contributed by atoms with Gasteiger partial charge in [-0.2, -0.15) is 5.10 Å². The van der Waals surface area contributed by atoms with E-state index in [1.165, 1.54) is 6.33 Å². The fourth-order valence-corrected chi connectivity index (χ4v) is 6.61. The molecule has 1 aliphatic carbocycles. The number of ether oxygens (including phenoxy) is 7. The maximum atomic E-state index is 13.0. The van der Waals surface area contributed by atoms with Crippen LogP contribution in [0.3, 0.4) is 0 Å². The smallest absolute Gasteiger partial charge is 0.223 e. The minimum absolute atomic E-state index is 0.0290. The van der Waals surface area contributed by atoms with Crippen molar-refractivity contribution >= 4 is 34.1 Å². The number of rotatable bonds is 28. The first-order chi connectivity index (χ1) is 28.5. The third-order valence-electron chi connectivity index (χ3n) is 9.52. The number of nitrogens with two attached hydrogens (primary N) is 1. The summed E-state index contributed by atoms with van der Waals surface area (Å²) in [6.07, 6.45) is 4.74. The number of para-hydroxylation sites is 1. The number of azide groups is 1. The van der Waals surface area contributed by atoms with Crippen LogP contribution in [0.2, 0.25) is 0 Å². The van der Waals surface area contributed by atoms with Crippen LogP contribution >= 0.6 is 0 Å². The van der Waals surface area contributed by atoms with E-state index in [0.29, 0.717) is 116 Å². The van der Waals surface area contributed by atoms with Crippen molar-refractivity contribution in [3.8, 4) is 17.1 Å². The largest absolute Gasteiger partial charge is 0.495 e. The van der Waals surface area contributed by atoms with E-state index >= 15 is 0 Å². The normalized spacial score (nSPS) is 15.4. The van der Waals surface area contributed by atoms with Gasteiger partial charge < -0.3 is 54.5 Å². The predicted molar refractivity (Wildman–Crippen MR) is 213 cm³/mol. The second kappa shape index (κ2) is 24.6. The van der Waals surface area contributed by atoms with Gasteiger partial charge in [-0.25, -0.2) is 14.5 Å². The quantitative estimate of drug-likeness (QED) is 0.0279. The molecule has 20 heteroatoms. The van der Waals surface area contributed by atoms with Crippen LogP contribution in [-0.2, 0) is 38.0 Å². The lowest BCUT2D eigenvalue weighted by atomic mass is 9.81. The van der Waals surface area contributed by atoms with E-state index in [9.17, 15) is 9.59 Å². The molecule has 20 nitrogen and oxygen atoms in total. The first-order valence-corrected chi connectivity index (χ1v) is 19.7. The summed E-state index contributed by atoms with van der Waals surface area (Å²) in [7, 11) is 1.64. The molecule has 1 aliphatic rings. The van der Waals surface area contributed by atoms with Gasteiger partial charge in [-0.05, 0) is 43.3 Å². The number of aromatic amines is 1. The highest BCUT2D eigenvalue weighted by molar-refractivity contribution is 5.93. The zero-order valence-corrected chi connectivity index (χ0v) is 33.1. The summed E-state index contributed by atoms with van der Waals surface area (Å²) in [4.78, 5) is 40.3. The Morgan fingerprint density at radius 3 is 2.21 bits per heavy atom. The van der Waals surface area contributed by atoms with Crippen molar-refractivity contribution in [3.05, 3.63) is 46.9 Å². The van der Waals surface area contributed by atoms with Crippen molar-refractivity contribution < 1.29 is 42.7 Å². The molecule has 3 aromatic heterocycles. The summed E-state index contributed by atoms with van der Waals surface area (Å²) in [5.74, 6) is 1.83. The standard InChI is InChI=1S/C38H55N11O9/c1-52-31-4-2-3-29-25-30(46-33(29)31)34-35-36(39)43-26-45-49(35)37(47-34)27-5-7-28(8-6-27)38(51)42-11-15-55-19-18-54-14-10-41-32(50)9-13-53-17-21-57-23-24-58-22-20-56-16-12-44-48-40/h2-4,25-28,46H,5-24H2,1H3,(H,41,50)(H,42,51)(H2,39,43,45). The highest BCUT2D eigenvalue weighted by Gasteiger charge is 2.31. The lowest BCUT2D eigenvalue weighted by Crippen LogP contribution is -2.35. The summed E-state index contributed by atoms with van der Waals surface area (Å²) in [5.41, 5.74) is 17.5. The maximum Gasteiger partial charge on any atom is 0.223 e. The number of imidazole rings is 1. The number of hydrogen-bond donors (Lipinski definition) is 4. The predicted octanol–water partition coefficient (Wildman–Crippen LogP) is 3.17. The average molecular weight is 810 g/mol. The summed E-state index contributed by atoms with van der Waals surface area (Å²) in [5, 5.41) is 14.7. The van der Waals surface area contributed by atoms with Crippen LogP contribution in [0.5, 0.6) is 5.75 Å². The van der Waals surface area contributed by atoms with E-state index in [0.717, 1.165) is 53.9 Å². The van der Waals surface area contributed by atoms with Crippen LogP contribution in [0, 0.1) is 5.92 Å². The van der Waals surface area contributed by atoms with Crippen molar-refractivity contribution in [2.45, 2.75) is 38.0 Å². The molecule has 1 saturated carbocycles. The second-order valence-corrected chi connectivity index (χ2v) is 13.4. The second-order valence-electron chi connectivity index (χ2n) is 13.4. The molecule has 5 rings (SSSR count). The third-order valence-corrected chi connectivity index (χ3v) is 9.52. The van der Waals surface area contributed by atoms with Gasteiger partial charge in [0.15, 0.2) is 5.82 Å². The van der Waals surface area contributed by atoms with E-state index in [1.807, 2.05) is 24.3 Å². The number of nitrogens with one attached hydrogen (secondary N) is 3. The van der Waals surface area contributed by atoms with Crippen molar-refractivity contribution in [1.29, 1.82) is 0 Å². The Kier molecular flexibility index (Phi) is 18.7. The Bertz CT molecular complexity index is 1910. The van der Waals surface area contributed by atoms with E-state index in [-0.39, 0.29) is 30.1 Å². The minimum Gasteiger partial charge on any atom is -0.495 e. The van der Waals surface area contributed by atoms with Gasteiger partial charge in [0.2, 0.25) is 11.8 Å². The first-order valence-electron chi connectivity index (χ1n) is 19.7. The Morgan fingerprint density at radius 2 is 1.53 bits per heavy atom. The molecule has 3 heterocycles. The molecule has 0 unspecified atom stereocenters. The zero-order chi connectivity index (χ0) is 40.8. The van der Waals surface area contributed by atoms with Crippen molar-refractivity contribution in [3.63, 3.8) is 0 Å². The zero-order valence-electron chi connectivity index (χ0n) is 33.1. The lowest BCUT2D eigenvalue weighted by molar-refractivity contribution is -0.126. The molecule has 0 spiro atoms. The Balaban J connectivity index is 0.863. The number of carbonyl (C=O) groups excluding carboxylic acids is 2. The number of methoxy groups -OCH3 is 1. The molecule has 4 aromatic rings. The summed E-state index contributed by atoms with van der Waals surface area (Å²) in [6.45, 7) is 5.78. The molecule has 0 bridgehead atoms. The fourth-order valence-electron chi connectivity index (χ4n) is 6.61. The van der Waals surface area contributed by atoms with Gasteiger partial charge in [0, 0.05) is 48.2 Å². The third kappa shape index (κ3) is 13.5. The Hall–Kier alpha value is -5.08. The summed E-state index contributed by atoms with van der Waals surface area (Å²) in [6, 6.07) is 7.89. The van der Waals surface area contributed by atoms with E-state index < -0.39 is 0 Å². The van der Waals surface area contributed by atoms with Crippen LogP contribution in [0.4, 0.5) is 5.82 Å². The van der Waals surface area contributed by atoms with Crippen LogP contribution in [0.15, 0.2) is 35.7 Å². The van der Waals surface area contributed by atoms with Crippen molar-refractivity contribution in [2.24, 2.45) is 11.0 Å². The molecular weight excluding hydrogens is 754 g/mol. The molecule has 1 aromatic carbocycles. The van der Waals surface area contributed by atoms with Gasteiger partial charge in [0.05, 0.1) is 97.6 Å². The average Bonchev–Trinajstić information content (AvgIpc) is 3.86. The molecule has 58 heavy (non-hydrogen) atoms. The molecule has 316 valence electrons. The number of carbonyl (C=O) groups is 2. The van der Waals surface area contributed by atoms with Crippen LogP contribution in [-0.4, -0.2) is 142 Å². The van der Waals surface area contributed by atoms with Crippen LogP contribution in [0.25, 0.3) is 38.3 Å². The Morgan fingerprint density at radius 1 is 0.897 bits per heavy atom. The van der Waals surface area contributed by atoms with Crippen LogP contribution in [0.1, 0.15) is 43.8 Å². The number of benzene rings is 1. The molecule has 0 aliphatic heterocycles. The summed E-state index contributed by atoms with van der Waals surface area (Å²) < 4.78 is 39.9. The SMILES string of the molecule is COc1cccc2cc(-c3nc(C4CCC(C(=O)NCCOCCOCCNC(=O)CCOCCOCCOCCOCCN=[N+]=[N-])CC4)n4ncnc(N)c34)[nH]c12. The van der Waals surface area contributed by atoms with Gasteiger partial charge >= 0.3 is 0 Å². The monoisotopic (exact) mass is 809 g/mol. The van der Waals surface area contributed by atoms with Gasteiger partial charge in [-0.1, -0.05) is 17.2 Å². The number of anilines is 1. The van der Waals surface area contributed by atoms with Gasteiger partial charge in [0.25, 0.3) is 0 Å². The molecule has 0 radical (unpaired) electrons. The molecule has 5 N–H and O–H groups in total. The first kappa shape index (κ1) is 44.0. The van der Waals surface area contributed by atoms with Crippen LogP contribution < -0.4 is 21.1 Å². The summed E-state index contributed by atoms with van der Waals surface area (Å²) >= 11 is 0. The topological polar surface area (TPSA) is 256 Å². The van der Waals surface area contributed by atoms with Gasteiger partial charge in [-0.3, -0.25) is 9.59 Å². The molecule has 0 saturated heterocycles. The molecule has 2 amide bonds. The number of amides is 2. The number of aromatic nitrogens is 5. The number of hydrogen-bond acceptors (Lipinski definition) is 14. The number of fused-ring (bicyclic) bond motifs is 2. The molecule has 1 fully saturated rings. The fraction of sp³-hybridized carbons (Fsp3) is 0.605. The lowest BCUT2D eigenvalue weighted by Gasteiger charge is -2.26. The highest BCUT2D eigenvalue weighted by Crippen LogP contribution is 2.39. The maximum absolute atomic E-state index is 13.0. The van der Waals surface area contributed by atoms with E-state index in [4.69, 9.17) is 49.4 Å². The number of nitrogens with zero attached hydrogens (tertiary/aromatic N) is 7. The Labute approximate surface area is 336 Å². The minimum atomic E-state index is -0.119. The van der Waals surface area contributed by atoms with E-state index in [1.54, 1.807) is 11.6 Å². The van der Waals surface area contributed by atoms with E-state index in [2.05, 4.69) is 35.7 Å². The van der Waals surface area contributed by atoms with Gasteiger partial charge in [-0.15, -0.1) is 0 Å². The van der Waals surface area contributed by atoms with Crippen molar-refractivity contribution in [2.75, 3.05) is 112 Å². The molecule has 0 atom stereocenters. The number of H-pyrrole nitrogens is 1.